The van der Waals surface area contributed by atoms with Crippen LogP contribution in [0.1, 0.15) is 19.8 Å². The summed E-state index contributed by atoms with van der Waals surface area (Å²) in [7, 11) is 1.59. The number of hydrogen-bond donors (Lipinski definition) is 3. The van der Waals surface area contributed by atoms with Crippen molar-refractivity contribution in [1.82, 2.24) is 5.32 Å². The molecule has 0 bridgehead atoms. The zero-order chi connectivity index (χ0) is 13.7. The van der Waals surface area contributed by atoms with Crippen LogP contribution in [0.25, 0.3) is 0 Å². The van der Waals surface area contributed by atoms with E-state index in [-0.39, 0.29) is 6.03 Å². The van der Waals surface area contributed by atoms with Crippen molar-refractivity contribution < 1.29 is 9.53 Å². The van der Waals surface area contributed by atoms with Crippen LogP contribution in [0.3, 0.4) is 0 Å². The lowest BCUT2D eigenvalue weighted by Crippen LogP contribution is -2.32. The monoisotopic (exact) mass is 263 g/mol. The molecule has 3 N–H and O–H groups in total. The molecule has 1 heterocycles. The van der Waals surface area contributed by atoms with Crippen molar-refractivity contribution in [3.63, 3.8) is 0 Å². The summed E-state index contributed by atoms with van der Waals surface area (Å²) < 4.78 is 5.53. The first-order valence-corrected chi connectivity index (χ1v) is 6.64. The summed E-state index contributed by atoms with van der Waals surface area (Å²) >= 11 is 0. The summed E-state index contributed by atoms with van der Waals surface area (Å²) in [5, 5.41) is 8.75. The number of amides is 2. The molecule has 1 aromatic rings. The second-order valence-corrected chi connectivity index (χ2v) is 4.83. The Morgan fingerprint density at radius 2 is 1.95 bits per heavy atom. The minimum atomic E-state index is -0.209. The molecule has 2 amide bonds. The largest absolute Gasteiger partial charge is 0.382 e. The highest BCUT2D eigenvalue weighted by Gasteiger charge is 2.18. The van der Waals surface area contributed by atoms with Crippen LogP contribution in [0.2, 0.25) is 0 Å². The normalized spacial score (nSPS) is 22.6. The van der Waals surface area contributed by atoms with Gasteiger partial charge in [-0.2, -0.15) is 0 Å². The molecule has 2 rings (SSSR count). The molecule has 19 heavy (non-hydrogen) atoms. The number of benzene rings is 1. The van der Waals surface area contributed by atoms with Crippen molar-refractivity contribution in [2.75, 3.05) is 24.3 Å². The first-order chi connectivity index (χ1) is 9.17. The number of ether oxygens (including phenoxy) is 1. The smallest absolute Gasteiger partial charge is 0.318 e. The van der Waals surface area contributed by atoms with Gasteiger partial charge in [0.05, 0.1) is 6.10 Å². The molecule has 2 atom stereocenters. The van der Waals surface area contributed by atoms with Crippen molar-refractivity contribution in [3.8, 4) is 0 Å². The van der Waals surface area contributed by atoms with E-state index in [1.165, 1.54) is 0 Å². The molecule has 0 saturated carbocycles. The second-order valence-electron chi connectivity index (χ2n) is 4.83. The Labute approximate surface area is 113 Å². The minimum absolute atomic E-state index is 0.209. The van der Waals surface area contributed by atoms with Crippen molar-refractivity contribution in [3.05, 3.63) is 24.3 Å². The molecule has 104 valence electrons. The van der Waals surface area contributed by atoms with Crippen LogP contribution in [-0.2, 0) is 4.74 Å². The molecule has 0 radical (unpaired) electrons. The number of carbonyl (C=O) groups excluding carboxylic acids is 1. The summed E-state index contributed by atoms with van der Waals surface area (Å²) in [5.74, 6) is 0. The minimum Gasteiger partial charge on any atom is -0.382 e. The Kier molecular flexibility index (Phi) is 4.63. The lowest BCUT2D eigenvalue weighted by Gasteiger charge is -2.28. The van der Waals surface area contributed by atoms with Crippen molar-refractivity contribution in [1.29, 1.82) is 0 Å². The first kappa shape index (κ1) is 13.7. The fourth-order valence-corrected chi connectivity index (χ4v) is 2.21. The van der Waals surface area contributed by atoms with Gasteiger partial charge in [0, 0.05) is 31.1 Å². The van der Waals surface area contributed by atoms with Crippen LogP contribution in [0.4, 0.5) is 16.2 Å². The van der Waals surface area contributed by atoms with Gasteiger partial charge in [0.15, 0.2) is 0 Å². The van der Waals surface area contributed by atoms with Gasteiger partial charge in [0.25, 0.3) is 0 Å². The lowest BCUT2D eigenvalue weighted by atomic mass is 10.0. The summed E-state index contributed by atoms with van der Waals surface area (Å²) in [6.07, 6.45) is 2.38. The maximum atomic E-state index is 11.2. The van der Waals surface area contributed by atoms with Gasteiger partial charge in [0.2, 0.25) is 0 Å². The molecular weight excluding hydrogens is 242 g/mol. The predicted molar refractivity (Wildman–Crippen MR) is 76.6 cm³/mol. The van der Waals surface area contributed by atoms with E-state index in [9.17, 15) is 4.79 Å². The molecular formula is C14H21N3O2. The van der Waals surface area contributed by atoms with Crippen molar-refractivity contribution >= 4 is 17.4 Å². The Morgan fingerprint density at radius 3 is 2.58 bits per heavy atom. The van der Waals surface area contributed by atoms with Gasteiger partial charge in [-0.05, 0) is 44.0 Å². The number of rotatable bonds is 3. The van der Waals surface area contributed by atoms with Gasteiger partial charge >= 0.3 is 6.03 Å². The molecule has 1 aromatic carbocycles. The third-order valence-corrected chi connectivity index (χ3v) is 3.23. The quantitative estimate of drug-likeness (QED) is 0.784. The Bertz CT molecular complexity index is 419. The average molecular weight is 263 g/mol. The van der Waals surface area contributed by atoms with Crippen LogP contribution in [0, 0.1) is 0 Å². The van der Waals surface area contributed by atoms with Gasteiger partial charge in [-0.15, -0.1) is 0 Å². The fourth-order valence-electron chi connectivity index (χ4n) is 2.21. The highest BCUT2D eigenvalue weighted by molar-refractivity contribution is 5.89. The number of nitrogens with one attached hydrogen (secondary N) is 3. The van der Waals surface area contributed by atoms with Crippen molar-refractivity contribution in [2.24, 2.45) is 0 Å². The maximum Gasteiger partial charge on any atom is 0.318 e. The molecule has 1 aliphatic rings. The van der Waals surface area contributed by atoms with Gasteiger partial charge < -0.3 is 20.7 Å². The summed E-state index contributed by atoms with van der Waals surface area (Å²) in [6.45, 7) is 2.92. The molecule has 5 nitrogen and oxygen atoms in total. The third-order valence-electron chi connectivity index (χ3n) is 3.23. The number of urea groups is 1. The van der Waals surface area contributed by atoms with Crippen molar-refractivity contribution in [2.45, 2.75) is 31.9 Å². The zero-order valence-electron chi connectivity index (χ0n) is 11.4. The van der Waals surface area contributed by atoms with Gasteiger partial charge in [-0.3, -0.25) is 0 Å². The van der Waals surface area contributed by atoms with E-state index in [0.717, 1.165) is 30.8 Å². The van der Waals surface area contributed by atoms with Crippen LogP contribution in [0.15, 0.2) is 24.3 Å². The highest BCUT2D eigenvalue weighted by Crippen LogP contribution is 2.20. The maximum absolute atomic E-state index is 11.2. The van der Waals surface area contributed by atoms with E-state index in [2.05, 4.69) is 22.9 Å². The average Bonchev–Trinajstić information content (AvgIpc) is 2.41. The number of carbonyl (C=O) groups is 1. The predicted octanol–water partition coefficient (Wildman–Crippen LogP) is 2.42. The zero-order valence-corrected chi connectivity index (χ0v) is 11.4. The van der Waals surface area contributed by atoms with Gasteiger partial charge in [0.1, 0.15) is 0 Å². The topological polar surface area (TPSA) is 62.4 Å². The van der Waals surface area contributed by atoms with Crippen LogP contribution in [0.5, 0.6) is 0 Å². The van der Waals surface area contributed by atoms with Gasteiger partial charge in [-0.1, -0.05) is 0 Å². The Balaban J connectivity index is 1.89. The highest BCUT2D eigenvalue weighted by atomic mass is 16.5. The number of anilines is 2. The van der Waals surface area contributed by atoms with E-state index >= 15 is 0 Å². The van der Waals surface area contributed by atoms with E-state index < -0.39 is 0 Å². The molecule has 0 aliphatic carbocycles. The lowest BCUT2D eigenvalue weighted by molar-refractivity contribution is 0.0232. The fraction of sp³-hybridized carbons (Fsp3) is 0.500. The summed E-state index contributed by atoms with van der Waals surface area (Å²) in [4.78, 5) is 11.2. The van der Waals surface area contributed by atoms with Crippen LogP contribution in [-0.4, -0.2) is 31.8 Å². The first-order valence-electron chi connectivity index (χ1n) is 6.64. The SMILES string of the molecule is CNC(=O)Nc1ccc(NC2CCOC(C)C2)cc1. The molecule has 0 spiro atoms. The Hall–Kier alpha value is -1.75. The number of hydrogen-bond acceptors (Lipinski definition) is 3. The van der Waals surface area contributed by atoms with E-state index in [1.807, 2.05) is 24.3 Å². The standard InChI is InChI=1S/C14H21N3O2/c1-10-9-13(7-8-19-10)16-11-3-5-12(6-4-11)17-14(18)15-2/h3-6,10,13,16H,7-9H2,1-2H3,(H2,15,17,18). The molecule has 1 fully saturated rings. The molecule has 1 aliphatic heterocycles. The van der Waals surface area contributed by atoms with E-state index in [4.69, 9.17) is 4.74 Å². The van der Waals surface area contributed by atoms with Crippen LogP contribution >= 0.6 is 0 Å². The second kappa shape index (κ2) is 6.43. The molecule has 1 saturated heterocycles. The molecule has 0 aromatic heterocycles. The molecule has 2 unspecified atom stereocenters. The molecule has 5 heteroatoms. The summed E-state index contributed by atoms with van der Waals surface area (Å²) in [5.41, 5.74) is 1.85. The van der Waals surface area contributed by atoms with E-state index in [0.29, 0.717) is 12.1 Å². The van der Waals surface area contributed by atoms with Crippen LogP contribution < -0.4 is 16.0 Å². The van der Waals surface area contributed by atoms with E-state index in [1.54, 1.807) is 7.05 Å². The third kappa shape index (κ3) is 4.13. The summed E-state index contributed by atoms with van der Waals surface area (Å²) in [6, 6.07) is 7.98. The van der Waals surface area contributed by atoms with Gasteiger partial charge in [-0.25, -0.2) is 4.79 Å². The Morgan fingerprint density at radius 1 is 1.26 bits per heavy atom.